The molecular formula is C24H27NO2Si. The first-order valence-electron chi connectivity index (χ1n) is 9.91. The maximum absolute atomic E-state index is 13.2. The van der Waals surface area contributed by atoms with Crippen molar-refractivity contribution in [3.8, 4) is 0 Å². The van der Waals surface area contributed by atoms with Crippen molar-refractivity contribution in [2.45, 2.75) is 33.0 Å². The number of para-hydroxylation sites is 1. The van der Waals surface area contributed by atoms with Crippen LogP contribution in [0.4, 0.5) is 0 Å². The Labute approximate surface area is 167 Å². The topological polar surface area (TPSA) is 31.2 Å². The zero-order valence-electron chi connectivity index (χ0n) is 17.3. The minimum atomic E-state index is -1.90. The van der Waals surface area contributed by atoms with Crippen LogP contribution in [0, 0.1) is 0 Å². The molecule has 1 aliphatic carbocycles. The van der Waals surface area contributed by atoms with Gasteiger partial charge >= 0.3 is 5.97 Å². The van der Waals surface area contributed by atoms with E-state index in [2.05, 4.69) is 73.7 Å². The van der Waals surface area contributed by atoms with Crippen LogP contribution in [0.2, 0.25) is 19.6 Å². The smallest absolute Gasteiger partial charge is 0.338 e. The number of nitrogens with zero attached hydrogens (tertiary/aromatic N) is 1. The highest BCUT2D eigenvalue weighted by Gasteiger charge is 2.36. The number of fused-ring (bicyclic) bond motifs is 4. The molecule has 0 aliphatic heterocycles. The molecule has 28 heavy (non-hydrogen) atoms. The molecule has 0 amide bonds. The van der Waals surface area contributed by atoms with Gasteiger partial charge in [-0.1, -0.05) is 62.1 Å². The molecule has 0 bridgehead atoms. The molecule has 2 aromatic carbocycles. The highest BCUT2D eigenvalue weighted by Crippen LogP contribution is 2.44. The summed E-state index contributed by atoms with van der Waals surface area (Å²) in [5, 5.41) is 2.47. The molecule has 0 saturated heterocycles. The molecule has 0 saturated carbocycles. The lowest BCUT2D eigenvalue weighted by molar-refractivity contribution is -0.136. The maximum atomic E-state index is 13.2. The Kier molecular flexibility index (Phi) is 4.54. The molecule has 4 heteroatoms. The summed E-state index contributed by atoms with van der Waals surface area (Å²) in [6, 6.07) is 16.9. The normalized spacial score (nSPS) is 13.9. The number of ether oxygens (including phenoxy) is 1. The number of hydrogen-bond acceptors (Lipinski definition) is 2. The first-order valence-corrected chi connectivity index (χ1v) is 13.4. The lowest BCUT2D eigenvalue weighted by Crippen LogP contribution is -2.28. The molecule has 144 valence electrons. The Morgan fingerprint density at radius 3 is 2.46 bits per heavy atom. The van der Waals surface area contributed by atoms with Gasteiger partial charge in [0.2, 0.25) is 0 Å². The van der Waals surface area contributed by atoms with Crippen molar-refractivity contribution in [1.82, 2.24) is 4.57 Å². The fraction of sp³-hybridized carbons (Fsp3) is 0.292. The highest BCUT2D eigenvalue weighted by molar-refractivity contribution is 6.95. The maximum Gasteiger partial charge on any atom is 0.338 e. The Bertz CT molecular complexity index is 1120. The second-order valence-corrected chi connectivity index (χ2v) is 13.5. The molecule has 1 aliphatic rings. The van der Waals surface area contributed by atoms with Crippen molar-refractivity contribution < 1.29 is 9.53 Å². The third-order valence-corrected chi connectivity index (χ3v) is 7.57. The van der Waals surface area contributed by atoms with Gasteiger partial charge in [0, 0.05) is 30.1 Å². The van der Waals surface area contributed by atoms with Gasteiger partial charge in [0.1, 0.15) is 0 Å². The molecular weight excluding hydrogens is 362 g/mol. The summed E-state index contributed by atoms with van der Waals surface area (Å²) in [6.07, 6.45) is 0.823. The van der Waals surface area contributed by atoms with E-state index in [1.165, 1.54) is 32.9 Å². The molecule has 0 N–H and O–H groups in total. The molecule has 4 rings (SSSR count). The monoisotopic (exact) mass is 389 g/mol. The number of benzene rings is 2. The summed E-state index contributed by atoms with van der Waals surface area (Å²) in [5.74, 6) is -0.203. The fourth-order valence-corrected chi connectivity index (χ4v) is 6.49. The van der Waals surface area contributed by atoms with Gasteiger partial charge in [0.05, 0.1) is 20.3 Å². The van der Waals surface area contributed by atoms with Crippen molar-refractivity contribution in [2.75, 3.05) is 6.61 Å². The number of carbonyl (C=O) groups is 1. The standard InChI is InChI=1S/C24H27NO2Si/c1-6-27-24(26)21-17-12-8-7-11-16(17)15-19-18-13-9-10-14-20(18)25(2)22(19)23(21)28(3,4)5/h7-14H,6,15H2,1-5H3. The average molecular weight is 390 g/mol. The van der Waals surface area contributed by atoms with Crippen LogP contribution in [0.1, 0.15) is 29.3 Å². The number of esters is 1. The van der Waals surface area contributed by atoms with Crippen LogP contribution >= 0.6 is 0 Å². The van der Waals surface area contributed by atoms with Crippen molar-refractivity contribution >= 4 is 35.7 Å². The second-order valence-electron chi connectivity index (χ2n) is 8.46. The van der Waals surface area contributed by atoms with Gasteiger partial charge in [-0.25, -0.2) is 4.79 Å². The number of aromatic nitrogens is 1. The second kappa shape index (κ2) is 6.78. The van der Waals surface area contributed by atoms with Gasteiger partial charge in [-0.05, 0) is 34.9 Å². The van der Waals surface area contributed by atoms with E-state index in [4.69, 9.17) is 4.74 Å². The van der Waals surface area contributed by atoms with E-state index in [9.17, 15) is 4.79 Å². The van der Waals surface area contributed by atoms with Crippen LogP contribution in [0.5, 0.6) is 0 Å². The summed E-state index contributed by atoms with van der Waals surface area (Å²) < 4.78 is 7.85. The van der Waals surface area contributed by atoms with Gasteiger partial charge in [0.25, 0.3) is 0 Å². The van der Waals surface area contributed by atoms with Crippen LogP contribution in [-0.2, 0) is 23.0 Å². The van der Waals surface area contributed by atoms with E-state index in [1.807, 2.05) is 13.0 Å². The summed E-state index contributed by atoms with van der Waals surface area (Å²) in [4.78, 5) is 13.2. The first kappa shape index (κ1) is 18.8. The number of carbonyl (C=O) groups excluding carboxylic acids is 1. The van der Waals surface area contributed by atoms with Crippen LogP contribution in [-0.4, -0.2) is 25.2 Å². The van der Waals surface area contributed by atoms with E-state index >= 15 is 0 Å². The predicted octanol–water partition coefficient (Wildman–Crippen LogP) is 5.43. The van der Waals surface area contributed by atoms with E-state index in [0.717, 1.165) is 17.6 Å². The zero-order valence-corrected chi connectivity index (χ0v) is 18.3. The summed E-state index contributed by atoms with van der Waals surface area (Å²) >= 11 is 0. The van der Waals surface area contributed by atoms with Gasteiger partial charge in [-0.3, -0.25) is 0 Å². The van der Waals surface area contributed by atoms with Crippen LogP contribution < -0.4 is 0 Å². The lowest BCUT2D eigenvalue weighted by Gasteiger charge is -2.26. The number of aryl methyl sites for hydroxylation is 1. The minimum absolute atomic E-state index is 0.203. The van der Waals surface area contributed by atoms with Crippen LogP contribution in [0.3, 0.4) is 0 Å². The quantitative estimate of drug-likeness (QED) is 0.441. The van der Waals surface area contributed by atoms with Gasteiger partial charge < -0.3 is 9.30 Å². The first-order chi connectivity index (χ1) is 13.3. The minimum Gasteiger partial charge on any atom is -0.462 e. The molecule has 1 aromatic heterocycles. The molecule has 0 spiro atoms. The Balaban J connectivity index is 2.20. The Hall–Kier alpha value is -2.59. The van der Waals surface area contributed by atoms with E-state index in [1.54, 1.807) is 0 Å². The van der Waals surface area contributed by atoms with Crippen LogP contribution in [0.15, 0.2) is 48.5 Å². The SMILES string of the molecule is CCOC(=O)C1=C([Si](C)(C)C)c2c(c3ccccc3n2C)Cc2ccccc21. The molecule has 0 unspecified atom stereocenters. The van der Waals surface area contributed by atoms with E-state index in [0.29, 0.717) is 6.61 Å². The third-order valence-electron chi connectivity index (χ3n) is 5.58. The molecule has 3 aromatic rings. The van der Waals surface area contributed by atoms with Crippen molar-refractivity contribution in [3.05, 3.63) is 70.9 Å². The van der Waals surface area contributed by atoms with Crippen LogP contribution in [0.25, 0.3) is 21.7 Å². The Morgan fingerprint density at radius 1 is 1.07 bits per heavy atom. The summed E-state index contributed by atoms with van der Waals surface area (Å²) in [6.45, 7) is 9.20. The van der Waals surface area contributed by atoms with Crippen molar-refractivity contribution in [3.63, 3.8) is 0 Å². The average Bonchev–Trinajstić information content (AvgIpc) is 2.83. The highest BCUT2D eigenvalue weighted by atomic mass is 28.3. The third kappa shape index (κ3) is 2.83. The number of hydrogen-bond donors (Lipinski definition) is 0. The van der Waals surface area contributed by atoms with Gasteiger partial charge in [0.15, 0.2) is 0 Å². The van der Waals surface area contributed by atoms with E-state index < -0.39 is 8.07 Å². The molecule has 0 fully saturated rings. The molecule has 0 radical (unpaired) electrons. The molecule has 3 nitrogen and oxygen atoms in total. The largest absolute Gasteiger partial charge is 0.462 e. The zero-order chi connectivity index (χ0) is 20.1. The summed E-state index contributed by atoms with van der Waals surface area (Å²) in [5.41, 5.74) is 6.73. The molecule has 1 heterocycles. The van der Waals surface area contributed by atoms with Gasteiger partial charge in [-0.15, -0.1) is 0 Å². The lowest BCUT2D eigenvalue weighted by atomic mass is 9.97. The fourth-order valence-electron chi connectivity index (χ4n) is 4.48. The summed E-state index contributed by atoms with van der Waals surface area (Å²) in [7, 11) is 0.226. The van der Waals surface area contributed by atoms with Crippen molar-refractivity contribution in [2.24, 2.45) is 7.05 Å². The van der Waals surface area contributed by atoms with Gasteiger partial charge in [-0.2, -0.15) is 0 Å². The van der Waals surface area contributed by atoms with Crippen molar-refractivity contribution in [1.29, 1.82) is 0 Å². The van der Waals surface area contributed by atoms with E-state index in [-0.39, 0.29) is 5.97 Å². The predicted molar refractivity (Wildman–Crippen MR) is 119 cm³/mol. The molecule has 0 atom stereocenters. The number of rotatable bonds is 3. The Morgan fingerprint density at radius 2 is 1.75 bits per heavy atom.